The quantitative estimate of drug-likeness (QED) is 0.744. The molecule has 0 amide bonds. The van der Waals surface area contributed by atoms with Crippen molar-refractivity contribution in [1.29, 1.82) is 0 Å². The van der Waals surface area contributed by atoms with E-state index in [9.17, 15) is 13.2 Å². The Bertz CT molecular complexity index is 309. The van der Waals surface area contributed by atoms with E-state index in [4.69, 9.17) is 0 Å². The van der Waals surface area contributed by atoms with Gasteiger partial charge in [0.25, 0.3) is 0 Å². The van der Waals surface area contributed by atoms with Crippen molar-refractivity contribution in [1.82, 2.24) is 0 Å². The highest BCUT2D eigenvalue weighted by molar-refractivity contribution is 9.10. The van der Waals surface area contributed by atoms with E-state index in [0.717, 1.165) is 4.47 Å². The van der Waals surface area contributed by atoms with Gasteiger partial charge in [0, 0.05) is 4.47 Å². The topological polar surface area (TPSA) is 9.23 Å². The summed E-state index contributed by atoms with van der Waals surface area (Å²) in [7, 11) is 0. The van der Waals surface area contributed by atoms with Crippen LogP contribution in [0.25, 0.3) is 0 Å². The Labute approximate surface area is 81.6 Å². The Balaban J connectivity index is 2.86. The van der Waals surface area contributed by atoms with Crippen molar-refractivity contribution >= 4 is 15.9 Å². The van der Waals surface area contributed by atoms with Crippen molar-refractivity contribution in [3.63, 3.8) is 0 Å². The first-order valence-corrected chi connectivity index (χ1v) is 4.20. The number of ether oxygens (including phenoxy) is 1. The Morgan fingerprint density at radius 3 is 2.38 bits per heavy atom. The lowest BCUT2D eigenvalue weighted by Gasteiger charge is -2.09. The number of rotatable bonds is 1. The van der Waals surface area contributed by atoms with Gasteiger partial charge in [-0.15, -0.1) is 13.2 Å². The summed E-state index contributed by atoms with van der Waals surface area (Å²) in [5.74, 6) is -0.201. The summed E-state index contributed by atoms with van der Waals surface area (Å²) in [4.78, 5) is 0. The molecule has 72 valence electrons. The van der Waals surface area contributed by atoms with Gasteiger partial charge in [0.1, 0.15) is 5.75 Å². The molecular formula is C8H6BrF3O. The van der Waals surface area contributed by atoms with Gasteiger partial charge < -0.3 is 4.74 Å². The molecule has 0 aliphatic carbocycles. The molecule has 0 aliphatic rings. The highest BCUT2D eigenvalue weighted by Crippen LogP contribution is 2.26. The van der Waals surface area contributed by atoms with Crippen LogP contribution in [0.1, 0.15) is 5.56 Å². The molecule has 0 heterocycles. The van der Waals surface area contributed by atoms with Crippen molar-refractivity contribution in [2.24, 2.45) is 0 Å². The van der Waals surface area contributed by atoms with Crippen LogP contribution in [0, 0.1) is 6.92 Å². The maximum absolute atomic E-state index is 11.7. The van der Waals surface area contributed by atoms with Crippen LogP contribution in [0.4, 0.5) is 13.2 Å². The smallest absolute Gasteiger partial charge is 0.406 e. The fraction of sp³-hybridized carbons (Fsp3) is 0.250. The van der Waals surface area contributed by atoms with Crippen LogP contribution in [0.3, 0.4) is 0 Å². The third kappa shape index (κ3) is 3.26. The minimum atomic E-state index is -4.62. The van der Waals surface area contributed by atoms with E-state index in [-0.39, 0.29) is 5.75 Å². The molecule has 1 aromatic carbocycles. The van der Waals surface area contributed by atoms with Gasteiger partial charge in [0.15, 0.2) is 0 Å². The normalized spacial score (nSPS) is 11.5. The molecule has 0 spiro atoms. The summed E-state index contributed by atoms with van der Waals surface area (Å²) in [5, 5.41) is 0. The summed E-state index contributed by atoms with van der Waals surface area (Å²) in [5.41, 5.74) is 0.696. The molecule has 1 rings (SSSR count). The van der Waals surface area contributed by atoms with Gasteiger partial charge in [-0.05, 0) is 30.7 Å². The predicted octanol–water partition coefficient (Wildman–Crippen LogP) is 3.66. The molecule has 0 unspecified atom stereocenters. The van der Waals surface area contributed by atoms with E-state index in [0.29, 0.717) is 5.56 Å². The minimum absolute atomic E-state index is 0.201. The maximum Gasteiger partial charge on any atom is 0.573 e. The van der Waals surface area contributed by atoms with Gasteiger partial charge in [-0.2, -0.15) is 0 Å². The molecule has 0 saturated carbocycles. The van der Waals surface area contributed by atoms with Gasteiger partial charge in [0.2, 0.25) is 0 Å². The molecule has 1 aromatic rings. The zero-order chi connectivity index (χ0) is 10.1. The molecule has 0 radical (unpaired) electrons. The van der Waals surface area contributed by atoms with E-state index >= 15 is 0 Å². The second-order valence-electron chi connectivity index (χ2n) is 2.46. The molecular weight excluding hydrogens is 249 g/mol. The molecule has 0 saturated heterocycles. The summed E-state index contributed by atoms with van der Waals surface area (Å²) in [6, 6.07) is 4.08. The Kier molecular flexibility index (Phi) is 2.85. The number of benzene rings is 1. The third-order valence-electron chi connectivity index (χ3n) is 1.36. The molecule has 0 bridgehead atoms. The zero-order valence-corrected chi connectivity index (χ0v) is 8.24. The monoisotopic (exact) mass is 254 g/mol. The van der Waals surface area contributed by atoms with E-state index in [1.807, 2.05) is 0 Å². The predicted molar refractivity (Wildman–Crippen MR) is 45.6 cm³/mol. The number of halogens is 4. The molecule has 5 heteroatoms. The number of hydrogen-bond donors (Lipinski definition) is 0. The van der Waals surface area contributed by atoms with Crippen molar-refractivity contribution in [2.75, 3.05) is 0 Å². The molecule has 0 N–H and O–H groups in total. The van der Waals surface area contributed by atoms with Gasteiger partial charge in [-0.3, -0.25) is 0 Å². The molecule has 0 atom stereocenters. The van der Waals surface area contributed by atoms with Crippen LogP contribution in [0.2, 0.25) is 0 Å². The first kappa shape index (κ1) is 10.4. The second kappa shape index (κ2) is 3.57. The summed E-state index contributed by atoms with van der Waals surface area (Å²) in [6.45, 7) is 1.69. The second-order valence-corrected chi connectivity index (χ2v) is 3.31. The van der Waals surface area contributed by atoms with Crippen LogP contribution in [-0.4, -0.2) is 6.36 Å². The van der Waals surface area contributed by atoms with Crippen LogP contribution in [0.5, 0.6) is 5.75 Å². The number of aryl methyl sites for hydroxylation is 1. The first-order chi connectivity index (χ1) is 5.88. The molecule has 0 aliphatic heterocycles. The van der Waals surface area contributed by atoms with Gasteiger partial charge >= 0.3 is 6.36 Å². The maximum atomic E-state index is 11.7. The lowest BCUT2D eigenvalue weighted by Crippen LogP contribution is -2.17. The number of alkyl halides is 3. The highest BCUT2D eigenvalue weighted by atomic mass is 79.9. The number of hydrogen-bond acceptors (Lipinski definition) is 1. The minimum Gasteiger partial charge on any atom is -0.406 e. The van der Waals surface area contributed by atoms with Gasteiger partial charge in [-0.1, -0.05) is 15.9 Å². The van der Waals surface area contributed by atoms with Gasteiger partial charge in [0.05, 0.1) is 0 Å². The Morgan fingerprint density at radius 2 is 1.92 bits per heavy atom. The van der Waals surface area contributed by atoms with E-state index in [1.165, 1.54) is 18.2 Å². The molecule has 0 aromatic heterocycles. The third-order valence-corrected chi connectivity index (χ3v) is 2.25. The van der Waals surface area contributed by atoms with Crippen LogP contribution in [-0.2, 0) is 0 Å². The fourth-order valence-corrected chi connectivity index (χ4v) is 1.06. The van der Waals surface area contributed by atoms with Crippen molar-refractivity contribution in [3.05, 3.63) is 28.2 Å². The average Bonchev–Trinajstić information content (AvgIpc) is 1.94. The van der Waals surface area contributed by atoms with E-state index in [1.54, 1.807) is 6.92 Å². The standard InChI is InChI=1S/C8H6BrF3O/c1-5-4-6(2-3-7(5)9)13-8(10,11)12/h2-4H,1H3. The summed E-state index contributed by atoms with van der Waals surface area (Å²) < 4.78 is 39.7. The Morgan fingerprint density at radius 1 is 1.31 bits per heavy atom. The fourth-order valence-electron chi connectivity index (χ4n) is 0.814. The summed E-state index contributed by atoms with van der Waals surface area (Å²) >= 11 is 3.17. The SMILES string of the molecule is Cc1cc(OC(F)(F)F)ccc1Br. The Hall–Kier alpha value is -0.710. The van der Waals surface area contributed by atoms with Crippen LogP contribution >= 0.6 is 15.9 Å². The van der Waals surface area contributed by atoms with Crippen molar-refractivity contribution < 1.29 is 17.9 Å². The average molecular weight is 255 g/mol. The van der Waals surface area contributed by atoms with E-state index in [2.05, 4.69) is 20.7 Å². The van der Waals surface area contributed by atoms with Gasteiger partial charge in [-0.25, -0.2) is 0 Å². The van der Waals surface area contributed by atoms with Crippen LogP contribution in [0.15, 0.2) is 22.7 Å². The highest BCUT2D eigenvalue weighted by Gasteiger charge is 2.31. The van der Waals surface area contributed by atoms with E-state index < -0.39 is 6.36 Å². The van der Waals surface area contributed by atoms with Crippen molar-refractivity contribution in [2.45, 2.75) is 13.3 Å². The van der Waals surface area contributed by atoms with Crippen molar-refractivity contribution in [3.8, 4) is 5.75 Å². The zero-order valence-electron chi connectivity index (χ0n) is 6.65. The lowest BCUT2D eigenvalue weighted by molar-refractivity contribution is -0.274. The summed E-state index contributed by atoms with van der Waals surface area (Å²) in [6.07, 6.45) is -4.62. The largest absolute Gasteiger partial charge is 0.573 e. The van der Waals surface area contributed by atoms with Crippen LogP contribution < -0.4 is 4.74 Å². The molecule has 0 fully saturated rings. The lowest BCUT2D eigenvalue weighted by atomic mass is 10.2. The molecule has 13 heavy (non-hydrogen) atoms. The first-order valence-electron chi connectivity index (χ1n) is 3.40. The molecule has 1 nitrogen and oxygen atoms in total.